The number of esters is 1. The number of nitrogens with zero attached hydrogens (tertiary/aromatic N) is 1. The second-order valence-electron chi connectivity index (χ2n) is 4.86. The fraction of sp³-hybridized carbons (Fsp3) is 0.333. The van der Waals surface area contributed by atoms with Crippen LogP contribution < -0.4 is 0 Å². The minimum Gasteiger partial charge on any atom is -0.462 e. The quantitative estimate of drug-likeness (QED) is 0.863. The molecule has 0 radical (unpaired) electrons. The first-order valence-electron chi connectivity index (χ1n) is 6.72. The van der Waals surface area contributed by atoms with Gasteiger partial charge in [0.2, 0.25) is 0 Å². The van der Waals surface area contributed by atoms with E-state index in [0.717, 1.165) is 28.6 Å². The number of hydrogen-bond acceptors (Lipinski definition) is 3. The summed E-state index contributed by atoms with van der Waals surface area (Å²) in [5.41, 5.74) is 3.11. The lowest BCUT2D eigenvalue weighted by Gasteiger charge is -2.05. The second-order valence-corrected chi connectivity index (χ2v) is 5.78. The van der Waals surface area contributed by atoms with Crippen molar-refractivity contribution in [3.05, 3.63) is 40.0 Å². The van der Waals surface area contributed by atoms with E-state index < -0.39 is 0 Å². The molecule has 0 saturated heterocycles. The lowest BCUT2D eigenvalue weighted by Crippen LogP contribution is -2.07. The van der Waals surface area contributed by atoms with E-state index in [4.69, 9.17) is 4.74 Å². The van der Waals surface area contributed by atoms with Crippen molar-refractivity contribution in [3.63, 3.8) is 0 Å². The average Bonchev–Trinajstić information content (AvgIpc) is 3.19. The highest BCUT2D eigenvalue weighted by Crippen LogP contribution is 2.42. The number of H-pyrrole nitrogens is 1. The SMILES string of the molecule is CCOC(=O)c1c(-c2ccc(Br)cc2)n[nH]c1C1CC1. The zero-order valence-corrected chi connectivity index (χ0v) is 12.7. The van der Waals surface area contributed by atoms with Crippen LogP contribution in [-0.2, 0) is 4.74 Å². The first kappa shape index (κ1) is 13.4. The van der Waals surface area contributed by atoms with Crippen LogP contribution in [0.3, 0.4) is 0 Å². The normalized spacial score (nSPS) is 14.3. The minimum atomic E-state index is -0.291. The molecular formula is C15H15BrN2O2. The van der Waals surface area contributed by atoms with E-state index in [1.54, 1.807) is 0 Å². The Morgan fingerprint density at radius 2 is 2.10 bits per heavy atom. The molecule has 1 saturated carbocycles. The van der Waals surface area contributed by atoms with Crippen molar-refractivity contribution in [3.8, 4) is 11.3 Å². The molecule has 1 aliphatic carbocycles. The Labute approximate surface area is 125 Å². The maximum Gasteiger partial charge on any atom is 0.342 e. The molecule has 104 valence electrons. The van der Waals surface area contributed by atoms with Crippen LogP contribution in [0.25, 0.3) is 11.3 Å². The van der Waals surface area contributed by atoms with E-state index in [1.807, 2.05) is 31.2 Å². The van der Waals surface area contributed by atoms with Crippen molar-refractivity contribution in [1.82, 2.24) is 10.2 Å². The lowest BCUT2D eigenvalue weighted by atomic mass is 10.0. The fourth-order valence-electron chi connectivity index (χ4n) is 2.25. The van der Waals surface area contributed by atoms with Gasteiger partial charge in [0, 0.05) is 16.0 Å². The van der Waals surface area contributed by atoms with Crippen LogP contribution >= 0.6 is 15.9 Å². The van der Waals surface area contributed by atoms with E-state index in [0.29, 0.717) is 23.8 Å². The zero-order chi connectivity index (χ0) is 14.1. The Hall–Kier alpha value is -1.62. The summed E-state index contributed by atoms with van der Waals surface area (Å²) in [5, 5.41) is 7.37. The third-order valence-electron chi connectivity index (χ3n) is 3.38. The van der Waals surface area contributed by atoms with Crippen molar-refractivity contribution in [2.24, 2.45) is 0 Å². The number of benzene rings is 1. The maximum atomic E-state index is 12.2. The zero-order valence-electron chi connectivity index (χ0n) is 11.1. The Balaban J connectivity index is 2.05. The molecule has 1 aliphatic rings. The van der Waals surface area contributed by atoms with Gasteiger partial charge in [0.1, 0.15) is 11.3 Å². The molecule has 5 heteroatoms. The molecular weight excluding hydrogens is 320 g/mol. The van der Waals surface area contributed by atoms with Gasteiger partial charge in [-0.3, -0.25) is 5.10 Å². The molecule has 1 N–H and O–H groups in total. The van der Waals surface area contributed by atoms with E-state index in [1.165, 1.54) is 0 Å². The monoisotopic (exact) mass is 334 g/mol. The molecule has 0 aliphatic heterocycles. The summed E-state index contributed by atoms with van der Waals surface area (Å²) in [5.74, 6) is 0.132. The molecule has 1 fully saturated rings. The van der Waals surface area contributed by atoms with Gasteiger partial charge in [-0.2, -0.15) is 5.10 Å². The van der Waals surface area contributed by atoms with Crippen molar-refractivity contribution in [1.29, 1.82) is 0 Å². The molecule has 3 rings (SSSR count). The molecule has 0 amide bonds. The molecule has 20 heavy (non-hydrogen) atoms. The standard InChI is InChI=1S/C15H15BrN2O2/c1-2-20-15(19)12-13(9-3-4-9)17-18-14(12)10-5-7-11(16)8-6-10/h5-9H,2-4H2,1H3,(H,17,18). The number of aromatic amines is 1. The Morgan fingerprint density at radius 3 is 2.70 bits per heavy atom. The molecule has 1 aromatic carbocycles. The van der Waals surface area contributed by atoms with Gasteiger partial charge in [-0.05, 0) is 31.9 Å². The summed E-state index contributed by atoms with van der Waals surface area (Å²) >= 11 is 3.41. The molecule has 0 bridgehead atoms. The van der Waals surface area contributed by atoms with Crippen molar-refractivity contribution in [2.45, 2.75) is 25.7 Å². The maximum absolute atomic E-state index is 12.2. The van der Waals surface area contributed by atoms with Crippen LogP contribution in [0.1, 0.15) is 41.7 Å². The fourth-order valence-corrected chi connectivity index (χ4v) is 2.51. The summed E-state index contributed by atoms with van der Waals surface area (Å²) in [6.07, 6.45) is 2.21. The smallest absolute Gasteiger partial charge is 0.342 e. The summed E-state index contributed by atoms with van der Waals surface area (Å²) in [4.78, 5) is 12.2. The number of carbonyl (C=O) groups is 1. The van der Waals surface area contributed by atoms with Gasteiger partial charge in [-0.15, -0.1) is 0 Å². The summed E-state index contributed by atoms with van der Waals surface area (Å²) < 4.78 is 6.18. The minimum absolute atomic E-state index is 0.291. The Morgan fingerprint density at radius 1 is 1.40 bits per heavy atom. The van der Waals surface area contributed by atoms with E-state index >= 15 is 0 Å². The number of aromatic nitrogens is 2. The highest BCUT2D eigenvalue weighted by molar-refractivity contribution is 9.10. The summed E-state index contributed by atoms with van der Waals surface area (Å²) in [7, 11) is 0. The number of hydrogen-bond donors (Lipinski definition) is 1. The van der Waals surface area contributed by atoms with Crippen LogP contribution in [0.15, 0.2) is 28.7 Å². The predicted octanol–water partition coefficient (Wildman–Crippen LogP) is 3.89. The summed E-state index contributed by atoms with van der Waals surface area (Å²) in [6, 6.07) is 7.77. The van der Waals surface area contributed by atoms with Gasteiger partial charge < -0.3 is 4.74 Å². The molecule has 2 aromatic rings. The molecule has 0 atom stereocenters. The van der Waals surface area contributed by atoms with Gasteiger partial charge in [-0.1, -0.05) is 28.1 Å². The van der Waals surface area contributed by atoms with E-state index in [9.17, 15) is 4.79 Å². The second kappa shape index (κ2) is 5.40. The molecule has 1 aromatic heterocycles. The van der Waals surface area contributed by atoms with Gasteiger partial charge in [0.25, 0.3) is 0 Å². The number of carbonyl (C=O) groups excluding carboxylic acids is 1. The first-order chi connectivity index (χ1) is 9.70. The van der Waals surface area contributed by atoms with Crippen molar-refractivity contribution in [2.75, 3.05) is 6.61 Å². The topological polar surface area (TPSA) is 55.0 Å². The number of halogens is 1. The van der Waals surface area contributed by atoms with Crippen LogP contribution in [0, 0.1) is 0 Å². The van der Waals surface area contributed by atoms with Gasteiger partial charge in [0.05, 0.1) is 12.3 Å². The van der Waals surface area contributed by atoms with Crippen LogP contribution in [0.5, 0.6) is 0 Å². The molecule has 4 nitrogen and oxygen atoms in total. The molecule has 0 unspecified atom stereocenters. The number of ether oxygens (including phenoxy) is 1. The highest BCUT2D eigenvalue weighted by Gasteiger charge is 2.33. The third-order valence-corrected chi connectivity index (χ3v) is 3.91. The Kier molecular flexibility index (Phi) is 3.61. The lowest BCUT2D eigenvalue weighted by molar-refractivity contribution is 0.0526. The average molecular weight is 335 g/mol. The van der Waals surface area contributed by atoms with E-state index in [2.05, 4.69) is 26.1 Å². The number of rotatable bonds is 4. The first-order valence-corrected chi connectivity index (χ1v) is 7.51. The van der Waals surface area contributed by atoms with Crippen molar-refractivity contribution < 1.29 is 9.53 Å². The third kappa shape index (κ3) is 2.50. The Bertz CT molecular complexity index is 630. The molecule has 1 heterocycles. The largest absolute Gasteiger partial charge is 0.462 e. The highest BCUT2D eigenvalue weighted by atomic mass is 79.9. The van der Waals surface area contributed by atoms with Gasteiger partial charge >= 0.3 is 5.97 Å². The molecule has 0 spiro atoms. The van der Waals surface area contributed by atoms with Crippen LogP contribution in [-0.4, -0.2) is 22.8 Å². The van der Waals surface area contributed by atoms with Gasteiger partial charge in [0.15, 0.2) is 0 Å². The van der Waals surface area contributed by atoms with E-state index in [-0.39, 0.29) is 5.97 Å². The van der Waals surface area contributed by atoms with Crippen molar-refractivity contribution >= 4 is 21.9 Å². The summed E-state index contributed by atoms with van der Waals surface area (Å²) in [6.45, 7) is 2.18. The van der Waals surface area contributed by atoms with Crippen LogP contribution in [0.4, 0.5) is 0 Å². The van der Waals surface area contributed by atoms with Gasteiger partial charge in [-0.25, -0.2) is 4.79 Å². The predicted molar refractivity (Wildman–Crippen MR) is 79.7 cm³/mol. The van der Waals surface area contributed by atoms with Crippen LogP contribution in [0.2, 0.25) is 0 Å². The number of nitrogens with one attached hydrogen (secondary N) is 1.